The molecule has 0 unspecified atom stereocenters. The molecule has 10 nitrogen and oxygen atoms in total. The Morgan fingerprint density at radius 2 is 1.69 bits per heavy atom. The van der Waals surface area contributed by atoms with E-state index in [2.05, 4.69) is 4.98 Å². The highest BCUT2D eigenvalue weighted by Crippen LogP contribution is 2.07. The van der Waals surface area contributed by atoms with Crippen LogP contribution < -0.4 is 11.2 Å². The third-order valence-corrected chi connectivity index (χ3v) is 4.36. The Kier molecular flexibility index (Phi) is 5.91. The molecule has 2 aromatic heterocycles. The van der Waals surface area contributed by atoms with Crippen molar-refractivity contribution >= 4 is 23.1 Å². The molecule has 152 valence electrons. The van der Waals surface area contributed by atoms with E-state index >= 15 is 0 Å². The van der Waals surface area contributed by atoms with Gasteiger partial charge in [0.2, 0.25) is 0 Å². The highest BCUT2D eigenvalue weighted by molar-refractivity contribution is 5.89. The maximum atomic E-state index is 12.3. The minimum Gasteiger partial charge on any atom is -0.462 e. The number of hydrogen-bond donors (Lipinski definition) is 0. The number of esters is 2. The van der Waals surface area contributed by atoms with E-state index in [1.54, 1.807) is 30.3 Å². The Morgan fingerprint density at radius 3 is 2.41 bits per heavy atom. The molecule has 10 heteroatoms. The van der Waals surface area contributed by atoms with E-state index in [1.807, 2.05) is 0 Å². The lowest BCUT2D eigenvalue weighted by Gasteiger charge is -2.08. The highest BCUT2D eigenvalue weighted by Gasteiger charge is 2.15. The van der Waals surface area contributed by atoms with Crippen LogP contribution in [0.4, 0.5) is 0 Å². The third kappa shape index (κ3) is 4.26. The number of carbonyl (C=O) groups is 2. The minimum absolute atomic E-state index is 0.00983. The van der Waals surface area contributed by atoms with Gasteiger partial charge in [-0.3, -0.25) is 18.7 Å². The molecule has 0 bridgehead atoms. The van der Waals surface area contributed by atoms with Crippen molar-refractivity contribution in [1.29, 1.82) is 0 Å². The summed E-state index contributed by atoms with van der Waals surface area (Å²) in [4.78, 5) is 52.1. The lowest BCUT2D eigenvalue weighted by Crippen LogP contribution is -2.37. The van der Waals surface area contributed by atoms with E-state index in [1.165, 1.54) is 29.6 Å². The van der Waals surface area contributed by atoms with E-state index in [9.17, 15) is 19.2 Å². The average molecular weight is 400 g/mol. The van der Waals surface area contributed by atoms with Gasteiger partial charge in [-0.1, -0.05) is 18.2 Å². The van der Waals surface area contributed by atoms with Gasteiger partial charge in [0.05, 0.1) is 18.3 Å². The molecule has 0 radical (unpaired) electrons. The first-order valence-corrected chi connectivity index (χ1v) is 8.89. The van der Waals surface area contributed by atoms with Crippen molar-refractivity contribution in [2.75, 3.05) is 13.2 Å². The first-order chi connectivity index (χ1) is 13.9. The number of aryl methyl sites for hydroxylation is 2. The number of benzene rings is 1. The third-order valence-electron chi connectivity index (χ3n) is 4.36. The van der Waals surface area contributed by atoms with Crippen molar-refractivity contribution < 1.29 is 19.1 Å². The van der Waals surface area contributed by atoms with Crippen LogP contribution in [0.1, 0.15) is 16.8 Å². The second kappa shape index (κ2) is 8.55. The number of carbonyl (C=O) groups excluding carboxylic acids is 2. The van der Waals surface area contributed by atoms with Crippen LogP contribution in [0.5, 0.6) is 0 Å². The van der Waals surface area contributed by atoms with Gasteiger partial charge in [0.1, 0.15) is 13.2 Å². The lowest BCUT2D eigenvalue weighted by molar-refractivity contribution is -0.145. The molecule has 29 heavy (non-hydrogen) atoms. The molecule has 0 fully saturated rings. The van der Waals surface area contributed by atoms with Gasteiger partial charge in [0, 0.05) is 20.6 Å². The van der Waals surface area contributed by atoms with Gasteiger partial charge >= 0.3 is 17.6 Å². The van der Waals surface area contributed by atoms with E-state index in [0.29, 0.717) is 5.56 Å². The molecule has 0 atom stereocenters. The fourth-order valence-electron chi connectivity index (χ4n) is 2.80. The van der Waals surface area contributed by atoms with E-state index in [4.69, 9.17) is 9.47 Å². The Hall–Kier alpha value is -3.69. The smallest absolute Gasteiger partial charge is 0.338 e. The Bertz CT molecular complexity index is 1160. The van der Waals surface area contributed by atoms with Gasteiger partial charge < -0.3 is 14.0 Å². The minimum atomic E-state index is -0.510. The summed E-state index contributed by atoms with van der Waals surface area (Å²) >= 11 is 0. The summed E-state index contributed by atoms with van der Waals surface area (Å²) in [7, 11) is 2.90. The maximum absolute atomic E-state index is 12.3. The number of imidazole rings is 1. The zero-order valence-electron chi connectivity index (χ0n) is 16.0. The standard InChI is InChI=1S/C19H20N4O6/c1-21-16-15(17(25)22(2)19(21)27)23(12-20-16)9-8-14(24)28-10-11-29-18(26)13-6-4-3-5-7-13/h3-7,12H,8-11H2,1-2H3. The summed E-state index contributed by atoms with van der Waals surface area (Å²) in [6, 6.07) is 8.49. The second-order valence-corrected chi connectivity index (χ2v) is 6.29. The summed E-state index contributed by atoms with van der Waals surface area (Å²) in [6.07, 6.45) is 1.39. The number of rotatable bonds is 7. The largest absolute Gasteiger partial charge is 0.462 e. The van der Waals surface area contributed by atoms with Crippen LogP contribution in [-0.4, -0.2) is 43.8 Å². The fraction of sp³-hybridized carbons (Fsp3) is 0.316. The van der Waals surface area contributed by atoms with Crippen LogP contribution in [-0.2, 0) is 34.9 Å². The summed E-state index contributed by atoms with van der Waals surface area (Å²) in [5.74, 6) is -1.00. The predicted molar refractivity (Wildman–Crippen MR) is 103 cm³/mol. The summed E-state index contributed by atoms with van der Waals surface area (Å²) < 4.78 is 13.8. The number of ether oxygens (including phenoxy) is 2. The van der Waals surface area contributed by atoms with Crippen molar-refractivity contribution in [1.82, 2.24) is 18.7 Å². The number of fused-ring (bicyclic) bond motifs is 1. The first kappa shape index (κ1) is 20.1. The normalized spacial score (nSPS) is 10.8. The van der Waals surface area contributed by atoms with Crippen molar-refractivity contribution in [3.8, 4) is 0 Å². The highest BCUT2D eigenvalue weighted by atomic mass is 16.6. The SMILES string of the molecule is Cn1c(=O)c2c(ncn2CCC(=O)OCCOC(=O)c2ccccc2)n(C)c1=O. The van der Waals surface area contributed by atoms with Crippen molar-refractivity contribution in [3.63, 3.8) is 0 Å². The van der Waals surface area contributed by atoms with Crippen LogP contribution >= 0.6 is 0 Å². The quantitative estimate of drug-likeness (QED) is 0.412. The van der Waals surface area contributed by atoms with E-state index in [-0.39, 0.29) is 37.3 Å². The van der Waals surface area contributed by atoms with Crippen molar-refractivity contribution in [2.45, 2.75) is 13.0 Å². The maximum Gasteiger partial charge on any atom is 0.338 e. The molecule has 0 aliphatic heterocycles. The molecule has 0 N–H and O–H groups in total. The zero-order valence-corrected chi connectivity index (χ0v) is 16.0. The summed E-state index contributed by atoms with van der Waals surface area (Å²) in [5, 5.41) is 0. The molecule has 0 spiro atoms. The first-order valence-electron chi connectivity index (χ1n) is 8.89. The monoisotopic (exact) mass is 400 g/mol. The summed E-state index contributed by atoms with van der Waals surface area (Å²) in [5.41, 5.74) is -0.0562. The molecule has 0 saturated heterocycles. The summed E-state index contributed by atoms with van der Waals surface area (Å²) in [6.45, 7) is 0.0288. The van der Waals surface area contributed by atoms with E-state index in [0.717, 1.165) is 4.57 Å². The van der Waals surface area contributed by atoms with E-state index < -0.39 is 23.2 Å². The molecular weight excluding hydrogens is 380 g/mol. The second-order valence-electron chi connectivity index (χ2n) is 6.29. The molecule has 3 rings (SSSR count). The Morgan fingerprint density at radius 1 is 1.00 bits per heavy atom. The number of aromatic nitrogens is 4. The van der Waals surface area contributed by atoms with Gasteiger partial charge in [-0.25, -0.2) is 14.6 Å². The van der Waals surface area contributed by atoms with Gasteiger partial charge in [-0.2, -0.15) is 0 Å². The molecule has 0 amide bonds. The van der Waals surface area contributed by atoms with Gasteiger partial charge in [-0.15, -0.1) is 0 Å². The van der Waals surface area contributed by atoms with Crippen LogP contribution in [0.15, 0.2) is 46.2 Å². The van der Waals surface area contributed by atoms with Crippen LogP contribution in [0.3, 0.4) is 0 Å². The van der Waals surface area contributed by atoms with Crippen LogP contribution in [0, 0.1) is 0 Å². The molecular formula is C19H20N4O6. The fourth-order valence-corrected chi connectivity index (χ4v) is 2.80. The van der Waals surface area contributed by atoms with Gasteiger partial charge in [0.25, 0.3) is 5.56 Å². The Balaban J connectivity index is 1.52. The Labute approximate surface area is 164 Å². The zero-order chi connectivity index (χ0) is 21.0. The van der Waals surface area contributed by atoms with Crippen LogP contribution in [0.2, 0.25) is 0 Å². The number of nitrogens with zero attached hydrogens (tertiary/aromatic N) is 4. The molecule has 0 saturated carbocycles. The molecule has 2 heterocycles. The molecule has 0 aliphatic rings. The van der Waals surface area contributed by atoms with Crippen molar-refractivity contribution in [3.05, 3.63) is 63.1 Å². The molecule has 3 aromatic rings. The number of hydrogen-bond acceptors (Lipinski definition) is 7. The van der Waals surface area contributed by atoms with Crippen molar-refractivity contribution in [2.24, 2.45) is 14.1 Å². The van der Waals surface area contributed by atoms with Gasteiger partial charge in [-0.05, 0) is 12.1 Å². The van der Waals surface area contributed by atoms with Gasteiger partial charge in [0.15, 0.2) is 11.2 Å². The topological polar surface area (TPSA) is 114 Å². The van der Waals surface area contributed by atoms with Crippen LogP contribution in [0.25, 0.3) is 11.2 Å². The average Bonchev–Trinajstić information content (AvgIpc) is 3.17. The molecule has 0 aliphatic carbocycles. The lowest BCUT2D eigenvalue weighted by atomic mass is 10.2. The predicted octanol–water partition coefficient (Wildman–Crippen LogP) is 0.224. The molecule has 1 aromatic carbocycles.